The molecule has 8 nitrogen and oxygen atoms in total. The normalized spacial score (nSPS) is 15.3. The summed E-state index contributed by atoms with van der Waals surface area (Å²) in [6, 6.07) is 10.5. The molecule has 0 atom stereocenters. The van der Waals surface area contributed by atoms with Gasteiger partial charge < -0.3 is 14.2 Å². The molecule has 0 saturated carbocycles. The van der Waals surface area contributed by atoms with Crippen LogP contribution in [0.5, 0.6) is 5.75 Å². The van der Waals surface area contributed by atoms with Crippen LogP contribution >= 0.6 is 0 Å². The van der Waals surface area contributed by atoms with E-state index in [9.17, 15) is 8.42 Å². The Morgan fingerprint density at radius 3 is 2.41 bits per heavy atom. The lowest BCUT2D eigenvalue weighted by atomic mass is 9.98. The van der Waals surface area contributed by atoms with Crippen molar-refractivity contribution in [1.82, 2.24) is 15.1 Å². The molecule has 1 saturated heterocycles. The minimum atomic E-state index is -3.20. The lowest BCUT2D eigenvalue weighted by molar-refractivity contribution is 0.221. The second kappa shape index (κ2) is 9.28. The van der Waals surface area contributed by atoms with Crippen molar-refractivity contribution in [2.24, 2.45) is 5.92 Å². The van der Waals surface area contributed by atoms with Crippen molar-refractivity contribution in [1.29, 1.82) is 0 Å². The summed E-state index contributed by atoms with van der Waals surface area (Å²) in [6.07, 6.45) is 4.92. The molecular weight excluding hydrogens is 428 g/mol. The highest BCUT2D eigenvalue weighted by atomic mass is 32.2. The molecular formula is C23H28N4O4S. The second-order valence-electron chi connectivity index (χ2n) is 8.50. The molecule has 0 amide bonds. The summed E-state index contributed by atoms with van der Waals surface area (Å²) < 4.78 is 34.5. The van der Waals surface area contributed by atoms with E-state index in [2.05, 4.69) is 20.0 Å². The maximum atomic E-state index is 11.6. The van der Waals surface area contributed by atoms with E-state index in [1.54, 1.807) is 30.5 Å². The topological polar surface area (TPSA) is 98.4 Å². The third-order valence-corrected chi connectivity index (χ3v) is 6.75. The first-order chi connectivity index (χ1) is 15.3. The molecule has 32 heavy (non-hydrogen) atoms. The molecule has 1 aliphatic rings. The molecule has 0 N–H and O–H groups in total. The van der Waals surface area contributed by atoms with Crippen molar-refractivity contribution >= 4 is 15.8 Å². The molecule has 1 aliphatic heterocycles. The number of ether oxygens (including phenoxy) is 1. The van der Waals surface area contributed by atoms with E-state index >= 15 is 0 Å². The number of hydrogen-bond acceptors (Lipinski definition) is 8. The fraction of sp³-hybridized carbons (Fsp3) is 0.435. The minimum Gasteiger partial charge on any atom is -0.492 e. The summed E-state index contributed by atoms with van der Waals surface area (Å²) >= 11 is 0. The molecule has 0 aliphatic carbocycles. The Kier molecular flexibility index (Phi) is 6.45. The van der Waals surface area contributed by atoms with Gasteiger partial charge in [-0.05, 0) is 48.2 Å². The van der Waals surface area contributed by atoms with Gasteiger partial charge in [0.2, 0.25) is 5.89 Å². The number of sulfone groups is 1. The van der Waals surface area contributed by atoms with Crippen LogP contribution in [0, 0.1) is 5.92 Å². The highest BCUT2D eigenvalue weighted by molar-refractivity contribution is 7.90. The van der Waals surface area contributed by atoms with Crippen LogP contribution in [0.1, 0.15) is 38.5 Å². The number of nitrogens with zero attached hydrogens (tertiary/aromatic N) is 4. The van der Waals surface area contributed by atoms with Gasteiger partial charge in [-0.1, -0.05) is 26.0 Å². The van der Waals surface area contributed by atoms with E-state index in [1.165, 1.54) is 6.26 Å². The summed E-state index contributed by atoms with van der Waals surface area (Å²) in [6.45, 7) is 6.48. The van der Waals surface area contributed by atoms with Crippen molar-refractivity contribution in [3.8, 4) is 17.0 Å². The van der Waals surface area contributed by atoms with E-state index < -0.39 is 9.84 Å². The zero-order chi connectivity index (χ0) is 22.7. The Labute approximate surface area is 188 Å². The van der Waals surface area contributed by atoms with Crippen molar-refractivity contribution in [2.45, 2.75) is 37.5 Å². The second-order valence-corrected chi connectivity index (χ2v) is 10.5. The first-order valence-electron chi connectivity index (χ1n) is 10.8. The van der Waals surface area contributed by atoms with E-state index in [0.29, 0.717) is 29.3 Å². The predicted octanol–water partition coefficient (Wildman–Crippen LogP) is 3.95. The van der Waals surface area contributed by atoms with Gasteiger partial charge in [-0.15, -0.1) is 0 Å². The number of pyridine rings is 1. The summed E-state index contributed by atoms with van der Waals surface area (Å²) in [5.74, 6) is 2.77. The zero-order valence-corrected chi connectivity index (χ0v) is 19.4. The van der Waals surface area contributed by atoms with E-state index in [-0.39, 0.29) is 5.92 Å². The van der Waals surface area contributed by atoms with Gasteiger partial charge in [0.05, 0.1) is 23.4 Å². The Balaban J connectivity index is 1.27. The SMILES string of the molecule is CC(C)c1nc(N2CCC(COc3ccc(-c4ccc(S(C)(=O)=O)cc4)nc3)CC2)no1. The Hall–Kier alpha value is -2.94. The Bertz CT molecular complexity index is 1130. The average molecular weight is 457 g/mol. The zero-order valence-electron chi connectivity index (χ0n) is 18.6. The van der Waals surface area contributed by atoms with Crippen molar-refractivity contribution in [2.75, 3.05) is 30.9 Å². The van der Waals surface area contributed by atoms with E-state index in [0.717, 1.165) is 42.9 Å². The van der Waals surface area contributed by atoms with Crippen LogP contribution < -0.4 is 9.64 Å². The molecule has 9 heteroatoms. The van der Waals surface area contributed by atoms with Crippen LogP contribution in [0.25, 0.3) is 11.3 Å². The Morgan fingerprint density at radius 2 is 1.84 bits per heavy atom. The molecule has 170 valence electrons. The van der Waals surface area contributed by atoms with E-state index in [1.807, 2.05) is 26.0 Å². The molecule has 0 bridgehead atoms. The molecule has 3 heterocycles. The third-order valence-electron chi connectivity index (χ3n) is 5.62. The third kappa shape index (κ3) is 5.27. The first-order valence-corrected chi connectivity index (χ1v) is 12.7. The quantitative estimate of drug-likeness (QED) is 0.527. The van der Waals surface area contributed by atoms with Crippen LogP contribution in [0.4, 0.5) is 5.95 Å². The van der Waals surface area contributed by atoms with Gasteiger partial charge in [0.15, 0.2) is 9.84 Å². The molecule has 0 spiro atoms. The number of hydrogen-bond donors (Lipinski definition) is 0. The van der Waals surface area contributed by atoms with Crippen molar-refractivity contribution < 1.29 is 17.7 Å². The van der Waals surface area contributed by atoms with Gasteiger partial charge in [0, 0.05) is 30.8 Å². The smallest absolute Gasteiger partial charge is 0.266 e. The maximum absolute atomic E-state index is 11.6. The van der Waals surface area contributed by atoms with Gasteiger partial charge in [0.25, 0.3) is 5.95 Å². The number of aromatic nitrogens is 3. The maximum Gasteiger partial charge on any atom is 0.266 e. The molecule has 4 rings (SSSR count). The fourth-order valence-corrected chi connectivity index (χ4v) is 4.24. The molecule has 1 aromatic carbocycles. The van der Waals surface area contributed by atoms with Crippen LogP contribution in [-0.2, 0) is 9.84 Å². The van der Waals surface area contributed by atoms with Gasteiger partial charge in [-0.25, -0.2) is 8.42 Å². The molecule has 1 fully saturated rings. The first kappa shape index (κ1) is 22.3. The van der Waals surface area contributed by atoms with Gasteiger partial charge in [0.1, 0.15) is 5.75 Å². The lowest BCUT2D eigenvalue weighted by Gasteiger charge is -2.30. The molecule has 0 unspecified atom stereocenters. The number of rotatable bonds is 7. The number of benzene rings is 1. The average Bonchev–Trinajstić information content (AvgIpc) is 3.29. The number of anilines is 1. The van der Waals surface area contributed by atoms with E-state index in [4.69, 9.17) is 9.26 Å². The molecule has 3 aromatic rings. The van der Waals surface area contributed by atoms with Crippen LogP contribution in [-0.4, -0.2) is 49.5 Å². The molecule has 0 radical (unpaired) electrons. The highest BCUT2D eigenvalue weighted by Gasteiger charge is 2.23. The monoisotopic (exact) mass is 456 g/mol. The largest absolute Gasteiger partial charge is 0.492 e. The standard InChI is InChI=1S/C23H28N4O4S/c1-16(2)22-25-23(26-31-22)27-12-10-17(11-13-27)15-30-19-6-9-21(24-14-19)18-4-7-20(8-5-18)32(3,28)29/h4-9,14,16-17H,10-13,15H2,1-3H3. The molecule has 2 aromatic heterocycles. The van der Waals surface area contributed by atoms with Crippen LogP contribution in [0.2, 0.25) is 0 Å². The number of piperidine rings is 1. The summed E-state index contributed by atoms with van der Waals surface area (Å²) in [7, 11) is -3.20. The van der Waals surface area contributed by atoms with Gasteiger partial charge in [-0.2, -0.15) is 4.98 Å². The van der Waals surface area contributed by atoms with Crippen LogP contribution in [0.3, 0.4) is 0 Å². The highest BCUT2D eigenvalue weighted by Crippen LogP contribution is 2.25. The van der Waals surface area contributed by atoms with Gasteiger partial charge in [-0.3, -0.25) is 4.98 Å². The van der Waals surface area contributed by atoms with Crippen LogP contribution in [0.15, 0.2) is 52.0 Å². The fourth-order valence-electron chi connectivity index (χ4n) is 3.61. The predicted molar refractivity (Wildman–Crippen MR) is 122 cm³/mol. The summed E-state index contributed by atoms with van der Waals surface area (Å²) in [5, 5.41) is 4.10. The Morgan fingerprint density at radius 1 is 1.12 bits per heavy atom. The van der Waals surface area contributed by atoms with Crippen molar-refractivity contribution in [3.05, 3.63) is 48.5 Å². The lowest BCUT2D eigenvalue weighted by Crippen LogP contribution is -2.36. The summed E-state index contributed by atoms with van der Waals surface area (Å²) in [4.78, 5) is 11.4. The van der Waals surface area contributed by atoms with Crippen molar-refractivity contribution in [3.63, 3.8) is 0 Å². The summed E-state index contributed by atoms with van der Waals surface area (Å²) in [5.41, 5.74) is 1.63. The minimum absolute atomic E-state index is 0.231. The van der Waals surface area contributed by atoms with Gasteiger partial charge >= 0.3 is 0 Å².